The minimum atomic E-state index is -1.92. The van der Waals surface area contributed by atoms with Crippen molar-refractivity contribution in [3.63, 3.8) is 0 Å². The third kappa shape index (κ3) is 10.9. The summed E-state index contributed by atoms with van der Waals surface area (Å²) in [7, 11) is -9.42. The van der Waals surface area contributed by atoms with E-state index in [-0.39, 0.29) is 12.2 Å². The van der Waals surface area contributed by atoms with Gasteiger partial charge in [-0.2, -0.15) is 0 Å². The van der Waals surface area contributed by atoms with Crippen LogP contribution < -0.4 is 22.4 Å². The molecule has 0 amide bonds. The summed E-state index contributed by atoms with van der Waals surface area (Å²) in [6.45, 7) is 33.1. The van der Waals surface area contributed by atoms with Crippen LogP contribution in [0.2, 0.25) is 98.2 Å². The molecule has 1 aliphatic rings. The van der Waals surface area contributed by atoms with Gasteiger partial charge in [0, 0.05) is 24.1 Å². The van der Waals surface area contributed by atoms with E-state index in [1.165, 1.54) is 0 Å². The SMILES string of the molecule is C[Si](C)(C)Oc1cc2c(c(O[Si](C)(C)C)c1)C[C@@H](O[Si](C)(C)C)[C@@H](c1ccc(O[Si](C)(C)C)c(O[Si](C)(C)C)c1)O2. The van der Waals surface area contributed by atoms with Gasteiger partial charge >= 0.3 is 0 Å². The van der Waals surface area contributed by atoms with Gasteiger partial charge in [-0.15, -0.1) is 0 Å². The number of benzene rings is 2. The maximum absolute atomic E-state index is 6.90. The summed E-state index contributed by atoms with van der Waals surface area (Å²) in [5, 5.41) is 0. The Morgan fingerprint density at radius 1 is 0.561 bits per heavy atom. The summed E-state index contributed by atoms with van der Waals surface area (Å²) < 4.78 is 39.9. The van der Waals surface area contributed by atoms with Crippen molar-refractivity contribution in [2.24, 2.45) is 0 Å². The summed E-state index contributed by atoms with van der Waals surface area (Å²) in [6, 6.07) is 10.4. The van der Waals surface area contributed by atoms with Crippen molar-refractivity contribution in [3.05, 3.63) is 41.5 Å². The van der Waals surface area contributed by atoms with Gasteiger partial charge < -0.3 is 26.9 Å². The second-order valence-electron chi connectivity index (χ2n) is 16.0. The van der Waals surface area contributed by atoms with Crippen LogP contribution in [0.3, 0.4) is 0 Å². The molecule has 0 fully saturated rings. The Morgan fingerprint density at radius 3 is 1.59 bits per heavy atom. The lowest BCUT2D eigenvalue weighted by atomic mass is 9.94. The molecule has 1 heterocycles. The lowest BCUT2D eigenvalue weighted by Gasteiger charge is -2.39. The summed E-state index contributed by atoms with van der Waals surface area (Å²) in [4.78, 5) is 0. The molecule has 0 unspecified atom stereocenters. The van der Waals surface area contributed by atoms with Crippen molar-refractivity contribution in [1.82, 2.24) is 0 Å². The van der Waals surface area contributed by atoms with Crippen LogP contribution in [0, 0.1) is 0 Å². The van der Waals surface area contributed by atoms with Crippen LogP contribution in [0.15, 0.2) is 30.3 Å². The summed E-state index contributed by atoms with van der Waals surface area (Å²) >= 11 is 0. The van der Waals surface area contributed by atoms with E-state index in [9.17, 15) is 0 Å². The molecule has 230 valence electrons. The highest BCUT2D eigenvalue weighted by Gasteiger charge is 2.39. The number of ether oxygens (including phenoxy) is 1. The van der Waals surface area contributed by atoms with E-state index in [4.69, 9.17) is 26.9 Å². The van der Waals surface area contributed by atoms with E-state index in [0.717, 1.165) is 39.9 Å². The Morgan fingerprint density at radius 2 is 1.07 bits per heavy atom. The van der Waals surface area contributed by atoms with Crippen LogP contribution in [-0.2, 0) is 10.8 Å². The minimum Gasteiger partial charge on any atom is -0.544 e. The first-order chi connectivity index (χ1) is 18.4. The van der Waals surface area contributed by atoms with Gasteiger partial charge in [0.25, 0.3) is 0 Å². The molecule has 0 N–H and O–H groups in total. The lowest BCUT2D eigenvalue weighted by molar-refractivity contribution is 0.0320. The Hall–Kier alpha value is -1.52. The average Bonchev–Trinajstić information content (AvgIpc) is 2.69. The molecule has 0 radical (unpaired) electrons. The van der Waals surface area contributed by atoms with Gasteiger partial charge in [0.1, 0.15) is 34.9 Å². The maximum Gasteiger partial charge on any atom is 0.242 e. The monoisotopic (exact) mass is 650 g/mol. The molecule has 0 saturated carbocycles. The standard InChI is InChI=1S/C30H54O6Si5/c1-37(2,3)32-23-19-26-24(27(20-23)34-39(7,8)9)21-29(36-41(13,14)15)30(31-26)22-16-17-25(33-38(4,5)6)28(18-22)35-40(10,11)12/h16-20,29-30H,21H2,1-15H3/t29-,30-/m1/s1. The van der Waals surface area contributed by atoms with E-state index in [1.807, 2.05) is 6.07 Å². The fourth-order valence-corrected chi connectivity index (χ4v) is 9.05. The van der Waals surface area contributed by atoms with Gasteiger partial charge in [0.2, 0.25) is 33.3 Å². The largest absolute Gasteiger partial charge is 0.544 e. The lowest BCUT2D eigenvalue weighted by Crippen LogP contribution is -2.41. The van der Waals surface area contributed by atoms with Crippen LogP contribution >= 0.6 is 0 Å². The Kier molecular flexibility index (Phi) is 9.84. The normalized spacial score (nSPS) is 18.3. The van der Waals surface area contributed by atoms with Crippen molar-refractivity contribution >= 4 is 41.6 Å². The Balaban J connectivity index is 2.16. The Bertz CT molecular complexity index is 1220. The topological polar surface area (TPSA) is 55.4 Å². The molecule has 2 aromatic rings. The molecule has 0 bridgehead atoms. The molecular weight excluding hydrogens is 597 g/mol. The van der Waals surface area contributed by atoms with Crippen LogP contribution in [0.5, 0.6) is 28.7 Å². The highest BCUT2D eigenvalue weighted by atomic mass is 28.4. The second kappa shape index (κ2) is 11.9. The first kappa shape index (κ1) is 34.0. The highest BCUT2D eigenvalue weighted by Crippen LogP contribution is 2.46. The molecule has 11 heteroatoms. The van der Waals surface area contributed by atoms with E-state index in [1.54, 1.807) is 0 Å². The van der Waals surface area contributed by atoms with Crippen LogP contribution in [-0.4, -0.2) is 47.7 Å². The number of fused-ring (bicyclic) bond motifs is 1. The number of hydrogen-bond donors (Lipinski definition) is 0. The van der Waals surface area contributed by atoms with Crippen LogP contribution in [0.25, 0.3) is 0 Å². The Labute approximate surface area is 254 Å². The fourth-order valence-electron chi connectivity index (χ4n) is 4.62. The summed E-state index contributed by atoms with van der Waals surface area (Å²) in [5.41, 5.74) is 2.09. The quantitative estimate of drug-likeness (QED) is 0.226. The van der Waals surface area contributed by atoms with E-state index in [0.29, 0.717) is 6.42 Å². The van der Waals surface area contributed by atoms with Crippen molar-refractivity contribution in [1.29, 1.82) is 0 Å². The molecule has 0 spiro atoms. The van der Waals surface area contributed by atoms with Crippen molar-refractivity contribution in [2.75, 3.05) is 0 Å². The van der Waals surface area contributed by atoms with Gasteiger partial charge in [0.05, 0.1) is 6.10 Å². The number of rotatable bonds is 11. The molecule has 0 aromatic heterocycles. The molecule has 0 aliphatic carbocycles. The zero-order chi connectivity index (χ0) is 31.2. The molecule has 6 nitrogen and oxygen atoms in total. The van der Waals surface area contributed by atoms with Gasteiger partial charge in [-0.05, 0) is 116 Å². The summed E-state index contributed by atoms with van der Waals surface area (Å²) in [5.74, 6) is 4.08. The molecule has 3 rings (SSSR count). The molecule has 0 saturated heterocycles. The predicted octanol–water partition coefficient (Wildman–Crippen LogP) is 9.44. The third-order valence-corrected chi connectivity index (χ3v) is 9.97. The third-order valence-electron chi connectivity index (χ3n) is 5.61. The predicted molar refractivity (Wildman–Crippen MR) is 184 cm³/mol. The molecule has 2 atom stereocenters. The van der Waals surface area contributed by atoms with Crippen LogP contribution in [0.1, 0.15) is 17.2 Å². The van der Waals surface area contributed by atoms with Gasteiger partial charge in [-0.3, -0.25) is 0 Å². The first-order valence-corrected chi connectivity index (χ1v) is 31.8. The van der Waals surface area contributed by atoms with Crippen LogP contribution in [0.4, 0.5) is 0 Å². The van der Waals surface area contributed by atoms with E-state index < -0.39 is 41.6 Å². The number of hydrogen-bond acceptors (Lipinski definition) is 6. The fraction of sp³-hybridized carbons (Fsp3) is 0.600. The van der Waals surface area contributed by atoms with E-state index >= 15 is 0 Å². The minimum absolute atomic E-state index is 0.162. The van der Waals surface area contributed by atoms with Crippen molar-refractivity contribution in [2.45, 2.75) is 117 Å². The van der Waals surface area contributed by atoms with E-state index in [2.05, 4.69) is 122 Å². The molecule has 1 aliphatic heterocycles. The van der Waals surface area contributed by atoms with Gasteiger partial charge in [0.15, 0.2) is 8.32 Å². The second-order valence-corrected chi connectivity index (χ2v) is 38.1. The highest BCUT2D eigenvalue weighted by molar-refractivity contribution is 6.72. The zero-order valence-electron chi connectivity index (χ0n) is 28.2. The van der Waals surface area contributed by atoms with Gasteiger partial charge in [-0.1, -0.05) is 6.07 Å². The molecular formula is C30H54O6Si5. The molecule has 2 aromatic carbocycles. The van der Waals surface area contributed by atoms with Gasteiger partial charge in [-0.25, -0.2) is 0 Å². The maximum atomic E-state index is 6.90. The van der Waals surface area contributed by atoms with Crippen molar-refractivity contribution in [3.8, 4) is 28.7 Å². The summed E-state index contributed by atoms with van der Waals surface area (Å²) in [6.07, 6.45) is 0.237. The zero-order valence-corrected chi connectivity index (χ0v) is 33.2. The smallest absolute Gasteiger partial charge is 0.242 e. The first-order valence-electron chi connectivity index (χ1n) is 14.8. The average molecular weight is 651 g/mol. The van der Waals surface area contributed by atoms with Crippen molar-refractivity contribution < 1.29 is 26.9 Å². The molecule has 41 heavy (non-hydrogen) atoms.